The van der Waals surface area contributed by atoms with Crippen LogP contribution in [0.25, 0.3) is 0 Å². The van der Waals surface area contributed by atoms with Crippen molar-refractivity contribution in [2.75, 3.05) is 19.7 Å². The third-order valence-electron chi connectivity index (χ3n) is 4.67. The number of carbonyl (C=O) groups excluding carboxylic acids is 1. The minimum atomic E-state index is 0.197. The maximum atomic E-state index is 12.3. The van der Waals surface area contributed by atoms with Crippen LogP contribution in [0.15, 0.2) is 54.6 Å². The monoisotopic (exact) mass is 353 g/mol. The molecule has 1 saturated heterocycles. The van der Waals surface area contributed by atoms with Gasteiger partial charge in [-0.15, -0.1) is 0 Å². The van der Waals surface area contributed by atoms with Crippen molar-refractivity contribution in [3.63, 3.8) is 0 Å². The summed E-state index contributed by atoms with van der Waals surface area (Å²) in [6, 6.07) is 17.9. The van der Waals surface area contributed by atoms with Crippen molar-refractivity contribution in [2.45, 2.75) is 38.7 Å². The van der Waals surface area contributed by atoms with Crippen LogP contribution in [0.3, 0.4) is 0 Å². The predicted octanol–water partition coefficient (Wildman–Crippen LogP) is 4.22. The number of carbonyl (C=O) groups is 1. The maximum Gasteiger partial charge on any atom is 0.222 e. The van der Waals surface area contributed by atoms with E-state index >= 15 is 0 Å². The third-order valence-corrected chi connectivity index (χ3v) is 4.67. The zero-order valence-electron chi connectivity index (χ0n) is 15.4. The fourth-order valence-corrected chi connectivity index (χ4v) is 3.12. The largest absolute Gasteiger partial charge is 0.494 e. The first-order valence-corrected chi connectivity index (χ1v) is 9.39. The first-order chi connectivity index (χ1) is 12.7. The van der Waals surface area contributed by atoms with Crippen molar-refractivity contribution in [3.05, 3.63) is 60.2 Å². The van der Waals surface area contributed by atoms with E-state index in [1.165, 1.54) is 5.56 Å². The van der Waals surface area contributed by atoms with E-state index in [9.17, 15) is 4.79 Å². The van der Waals surface area contributed by atoms with Crippen LogP contribution in [-0.2, 0) is 4.79 Å². The van der Waals surface area contributed by atoms with Gasteiger partial charge in [0, 0.05) is 32.4 Å². The molecule has 0 aromatic heterocycles. The molecular formula is C22H27NO3. The van der Waals surface area contributed by atoms with Crippen LogP contribution >= 0.6 is 0 Å². The van der Waals surface area contributed by atoms with Crippen molar-refractivity contribution in [2.24, 2.45) is 0 Å². The normalized spacial score (nSPS) is 14.9. The summed E-state index contributed by atoms with van der Waals surface area (Å²) in [5, 5.41) is 0. The average Bonchev–Trinajstić information content (AvgIpc) is 2.68. The van der Waals surface area contributed by atoms with E-state index in [4.69, 9.17) is 9.47 Å². The summed E-state index contributed by atoms with van der Waals surface area (Å²) in [4.78, 5) is 14.3. The molecule has 0 aliphatic carbocycles. The van der Waals surface area contributed by atoms with Gasteiger partial charge in [-0.25, -0.2) is 0 Å². The molecule has 0 spiro atoms. The average molecular weight is 353 g/mol. The molecule has 1 aliphatic heterocycles. The first kappa shape index (κ1) is 18.3. The number of hydrogen-bond donors (Lipinski definition) is 0. The van der Waals surface area contributed by atoms with E-state index in [2.05, 4.69) is 19.1 Å². The molecule has 2 aromatic rings. The van der Waals surface area contributed by atoms with E-state index in [0.717, 1.165) is 43.9 Å². The standard InChI is InChI=1S/C22H27NO3/c1-18-9-11-20(12-10-18)26-21-13-15-23(16-14-21)22(24)8-5-17-25-19-6-3-2-4-7-19/h2-4,6-7,9-12,21H,5,8,13-17H2,1H3. The lowest BCUT2D eigenvalue weighted by molar-refractivity contribution is -0.133. The second-order valence-corrected chi connectivity index (χ2v) is 6.78. The number of para-hydroxylation sites is 1. The van der Waals surface area contributed by atoms with Gasteiger partial charge in [0.25, 0.3) is 0 Å². The molecule has 1 fully saturated rings. The second kappa shape index (κ2) is 9.27. The van der Waals surface area contributed by atoms with Crippen LogP contribution < -0.4 is 9.47 Å². The molecular weight excluding hydrogens is 326 g/mol. The quantitative estimate of drug-likeness (QED) is 0.700. The van der Waals surface area contributed by atoms with Gasteiger partial charge in [0.1, 0.15) is 17.6 Å². The van der Waals surface area contributed by atoms with Crippen LogP contribution in [0, 0.1) is 6.92 Å². The molecule has 26 heavy (non-hydrogen) atoms. The fraction of sp³-hybridized carbons (Fsp3) is 0.409. The van der Waals surface area contributed by atoms with E-state index in [-0.39, 0.29) is 12.0 Å². The van der Waals surface area contributed by atoms with Gasteiger partial charge in [0.05, 0.1) is 6.61 Å². The third kappa shape index (κ3) is 5.51. The van der Waals surface area contributed by atoms with Crippen molar-refractivity contribution >= 4 is 5.91 Å². The lowest BCUT2D eigenvalue weighted by Crippen LogP contribution is -2.41. The van der Waals surface area contributed by atoms with Gasteiger partial charge in [-0.3, -0.25) is 4.79 Å². The van der Waals surface area contributed by atoms with E-state index < -0.39 is 0 Å². The number of piperidine rings is 1. The van der Waals surface area contributed by atoms with E-state index in [1.54, 1.807) is 0 Å². The van der Waals surface area contributed by atoms with Crippen molar-refractivity contribution in [1.29, 1.82) is 0 Å². The number of likely N-dealkylation sites (tertiary alicyclic amines) is 1. The molecule has 1 heterocycles. The summed E-state index contributed by atoms with van der Waals surface area (Å²) in [6.45, 7) is 4.19. The van der Waals surface area contributed by atoms with Gasteiger partial charge in [-0.1, -0.05) is 35.9 Å². The lowest BCUT2D eigenvalue weighted by Gasteiger charge is -2.32. The minimum absolute atomic E-state index is 0.197. The highest BCUT2D eigenvalue weighted by molar-refractivity contribution is 5.76. The number of amides is 1. The number of hydrogen-bond acceptors (Lipinski definition) is 3. The second-order valence-electron chi connectivity index (χ2n) is 6.78. The Labute approximate surface area is 155 Å². The molecule has 138 valence electrons. The molecule has 0 N–H and O–H groups in total. The smallest absolute Gasteiger partial charge is 0.222 e. The number of aryl methyl sites for hydroxylation is 1. The first-order valence-electron chi connectivity index (χ1n) is 9.39. The molecule has 0 unspecified atom stereocenters. The van der Waals surface area contributed by atoms with Crippen LogP contribution in [0.4, 0.5) is 0 Å². The summed E-state index contributed by atoms with van der Waals surface area (Å²) in [6.07, 6.45) is 3.26. The summed E-state index contributed by atoms with van der Waals surface area (Å²) >= 11 is 0. The van der Waals surface area contributed by atoms with Crippen LogP contribution in [0.5, 0.6) is 11.5 Å². The lowest BCUT2D eigenvalue weighted by atomic mass is 10.1. The van der Waals surface area contributed by atoms with Crippen LogP contribution in [0.1, 0.15) is 31.2 Å². The fourth-order valence-electron chi connectivity index (χ4n) is 3.12. The Kier molecular flexibility index (Phi) is 6.53. The predicted molar refractivity (Wildman–Crippen MR) is 103 cm³/mol. The SMILES string of the molecule is Cc1ccc(OC2CCN(C(=O)CCCOc3ccccc3)CC2)cc1. The summed E-state index contributed by atoms with van der Waals surface area (Å²) < 4.78 is 11.7. The van der Waals surface area contributed by atoms with Crippen molar-refractivity contribution in [3.8, 4) is 11.5 Å². The highest BCUT2D eigenvalue weighted by atomic mass is 16.5. The minimum Gasteiger partial charge on any atom is -0.494 e. The molecule has 0 saturated carbocycles. The molecule has 1 aliphatic rings. The molecule has 2 aromatic carbocycles. The van der Waals surface area contributed by atoms with Gasteiger partial charge >= 0.3 is 0 Å². The van der Waals surface area contributed by atoms with Crippen molar-refractivity contribution < 1.29 is 14.3 Å². The molecule has 4 nitrogen and oxygen atoms in total. The Balaban J connectivity index is 1.33. The molecule has 4 heteroatoms. The van der Waals surface area contributed by atoms with Gasteiger partial charge in [0.15, 0.2) is 0 Å². The molecule has 0 atom stereocenters. The zero-order valence-corrected chi connectivity index (χ0v) is 15.4. The van der Waals surface area contributed by atoms with E-state index in [0.29, 0.717) is 13.0 Å². The Hall–Kier alpha value is -2.49. The van der Waals surface area contributed by atoms with Crippen LogP contribution in [0.2, 0.25) is 0 Å². The van der Waals surface area contributed by atoms with Gasteiger partial charge in [-0.05, 0) is 37.6 Å². The molecule has 0 radical (unpaired) electrons. The maximum absolute atomic E-state index is 12.3. The summed E-state index contributed by atoms with van der Waals surface area (Å²) in [5.74, 6) is 1.99. The van der Waals surface area contributed by atoms with E-state index in [1.807, 2.05) is 47.4 Å². The van der Waals surface area contributed by atoms with Gasteiger partial charge in [-0.2, -0.15) is 0 Å². The molecule has 0 bridgehead atoms. The highest BCUT2D eigenvalue weighted by Crippen LogP contribution is 2.20. The Morgan fingerprint density at radius 2 is 1.69 bits per heavy atom. The highest BCUT2D eigenvalue weighted by Gasteiger charge is 2.23. The summed E-state index contributed by atoms with van der Waals surface area (Å²) in [7, 11) is 0. The number of rotatable bonds is 7. The Morgan fingerprint density at radius 1 is 1.00 bits per heavy atom. The van der Waals surface area contributed by atoms with Gasteiger partial charge < -0.3 is 14.4 Å². The summed E-state index contributed by atoms with van der Waals surface area (Å²) in [5.41, 5.74) is 1.23. The number of benzene rings is 2. The topological polar surface area (TPSA) is 38.8 Å². The van der Waals surface area contributed by atoms with Crippen molar-refractivity contribution in [1.82, 2.24) is 4.90 Å². The molecule has 3 rings (SSSR count). The van der Waals surface area contributed by atoms with Crippen LogP contribution in [-0.4, -0.2) is 36.6 Å². The Morgan fingerprint density at radius 3 is 2.38 bits per heavy atom. The number of ether oxygens (including phenoxy) is 2. The number of nitrogens with zero attached hydrogens (tertiary/aromatic N) is 1. The molecule has 1 amide bonds. The Bertz CT molecular complexity index is 676. The van der Waals surface area contributed by atoms with Gasteiger partial charge in [0.2, 0.25) is 5.91 Å². The zero-order chi connectivity index (χ0) is 18.2.